The maximum absolute atomic E-state index is 12.3. The molecule has 2 N–H and O–H groups in total. The second kappa shape index (κ2) is 7.31. The Hall–Kier alpha value is -1.60. The standard InChI is InChI=1S/C16H25N3O3S/c1-12-7-13(2)11-19(10-12)16(20)18-9-14-5-4-6-15(8-14)23(21,22)17-3/h4-6,8,12-13,17H,7,9-11H2,1-3H3,(H,18,20)/t12-,13+. The summed E-state index contributed by atoms with van der Waals surface area (Å²) < 4.78 is 25.9. The summed E-state index contributed by atoms with van der Waals surface area (Å²) >= 11 is 0. The molecule has 1 aromatic rings. The molecule has 128 valence electrons. The zero-order valence-electron chi connectivity index (χ0n) is 13.9. The number of amides is 2. The highest BCUT2D eigenvalue weighted by atomic mass is 32.2. The molecule has 0 bridgehead atoms. The van der Waals surface area contributed by atoms with Crippen LogP contribution < -0.4 is 10.0 Å². The summed E-state index contributed by atoms with van der Waals surface area (Å²) in [5, 5.41) is 2.88. The molecule has 0 radical (unpaired) electrons. The lowest BCUT2D eigenvalue weighted by Crippen LogP contribution is -2.47. The average molecular weight is 339 g/mol. The van der Waals surface area contributed by atoms with Gasteiger partial charge in [-0.3, -0.25) is 0 Å². The molecule has 23 heavy (non-hydrogen) atoms. The van der Waals surface area contributed by atoms with E-state index in [1.165, 1.54) is 13.1 Å². The van der Waals surface area contributed by atoms with Crippen LogP contribution in [0.15, 0.2) is 29.2 Å². The molecule has 0 saturated carbocycles. The molecule has 1 aromatic carbocycles. The number of nitrogens with one attached hydrogen (secondary N) is 2. The molecular weight excluding hydrogens is 314 g/mol. The first-order valence-corrected chi connectivity index (χ1v) is 9.35. The Morgan fingerprint density at radius 3 is 2.52 bits per heavy atom. The second-order valence-corrected chi connectivity index (χ2v) is 8.25. The fourth-order valence-electron chi connectivity index (χ4n) is 3.06. The number of hydrogen-bond acceptors (Lipinski definition) is 3. The lowest BCUT2D eigenvalue weighted by Gasteiger charge is -2.34. The molecule has 2 amide bonds. The van der Waals surface area contributed by atoms with E-state index in [1.807, 2.05) is 4.90 Å². The molecule has 1 saturated heterocycles. The zero-order valence-corrected chi connectivity index (χ0v) is 14.7. The molecule has 0 spiro atoms. The summed E-state index contributed by atoms with van der Waals surface area (Å²) in [5.41, 5.74) is 0.757. The monoisotopic (exact) mass is 339 g/mol. The van der Waals surface area contributed by atoms with Crippen molar-refractivity contribution in [3.05, 3.63) is 29.8 Å². The molecule has 2 rings (SSSR count). The number of piperidine rings is 1. The van der Waals surface area contributed by atoms with Gasteiger partial charge in [0, 0.05) is 19.6 Å². The van der Waals surface area contributed by atoms with Crippen LogP contribution in [0.5, 0.6) is 0 Å². The fraction of sp³-hybridized carbons (Fsp3) is 0.562. The van der Waals surface area contributed by atoms with E-state index in [0.29, 0.717) is 18.4 Å². The summed E-state index contributed by atoms with van der Waals surface area (Å²) in [6.07, 6.45) is 1.15. The summed E-state index contributed by atoms with van der Waals surface area (Å²) in [6.45, 7) is 6.16. The van der Waals surface area contributed by atoms with E-state index < -0.39 is 10.0 Å². The maximum Gasteiger partial charge on any atom is 0.317 e. The van der Waals surface area contributed by atoms with Crippen molar-refractivity contribution in [3.8, 4) is 0 Å². The number of carbonyl (C=O) groups is 1. The molecule has 1 heterocycles. The molecule has 0 unspecified atom stereocenters. The van der Waals surface area contributed by atoms with Crippen LogP contribution in [0, 0.1) is 11.8 Å². The summed E-state index contributed by atoms with van der Waals surface area (Å²) in [6, 6.07) is 6.50. The molecule has 0 aromatic heterocycles. The van der Waals surface area contributed by atoms with E-state index in [2.05, 4.69) is 23.9 Å². The Balaban J connectivity index is 1.98. The predicted octanol–water partition coefficient (Wildman–Crippen LogP) is 1.78. The van der Waals surface area contributed by atoms with Gasteiger partial charge >= 0.3 is 6.03 Å². The van der Waals surface area contributed by atoms with E-state index in [9.17, 15) is 13.2 Å². The highest BCUT2D eigenvalue weighted by molar-refractivity contribution is 7.89. The van der Waals surface area contributed by atoms with Gasteiger partial charge in [0.1, 0.15) is 0 Å². The van der Waals surface area contributed by atoms with Crippen molar-refractivity contribution in [2.45, 2.75) is 31.7 Å². The van der Waals surface area contributed by atoms with Crippen molar-refractivity contribution >= 4 is 16.1 Å². The van der Waals surface area contributed by atoms with Gasteiger partial charge in [0.2, 0.25) is 10.0 Å². The van der Waals surface area contributed by atoms with E-state index >= 15 is 0 Å². The number of benzene rings is 1. The number of nitrogens with zero attached hydrogens (tertiary/aromatic N) is 1. The highest BCUT2D eigenvalue weighted by Gasteiger charge is 2.25. The number of likely N-dealkylation sites (tertiary alicyclic amines) is 1. The van der Waals surface area contributed by atoms with Crippen LogP contribution in [-0.4, -0.2) is 39.5 Å². The smallest absolute Gasteiger partial charge is 0.317 e. The molecule has 0 aliphatic carbocycles. The van der Waals surface area contributed by atoms with Crippen LogP contribution in [0.4, 0.5) is 4.79 Å². The number of carbonyl (C=O) groups excluding carboxylic acids is 1. The van der Waals surface area contributed by atoms with Crippen LogP contribution in [-0.2, 0) is 16.6 Å². The van der Waals surface area contributed by atoms with Crippen molar-refractivity contribution in [1.82, 2.24) is 14.9 Å². The van der Waals surface area contributed by atoms with Crippen LogP contribution >= 0.6 is 0 Å². The summed E-state index contributed by atoms with van der Waals surface area (Å²) in [4.78, 5) is 14.3. The number of sulfonamides is 1. The van der Waals surface area contributed by atoms with Crippen LogP contribution in [0.2, 0.25) is 0 Å². The van der Waals surface area contributed by atoms with E-state index in [1.54, 1.807) is 18.2 Å². The Bertz CT molecular complexity index is 650. The minimum absolute atomic E-state index is 0.0923. The molecule has 2 atom stereocenters. The van der Waals surface area contributed by atoms with E-state index in [0.717, 1.165) is 25.1 Å². The van der Waals surface area contributed by atoms with Gasteiger partial charge in [0.25, 0.3) is 0 Å². The number of hydrogen-bond donors (Lipinski definition) is 2. The molecule has 1 fully saturated rings. The van der Waals surface area contributed by atoms with Gasteiger partial charge in [0.15, 0.2) is 0 Å². The van der Waals surface area contributed by atoms with E-state index in [4.69, 9.17) is 0 Å². The largest absolute Gasteiger partial charge is 0.334 e. The van der Waals surface area contributed by atoms with Crippen LogP contribution in [0.1, 0.15) is 25.8 Å². The fourth-order valence-corrected chi connectivity index (χ4v) is 3.86. The quantitative estimate of drug-likeness (QED) is 0.878. The minimum atomic E-state index is -3.47. The lowest BCUT2D eigenvalue weighted by atomic mass is 9.92. The van der Waals surface area contributed by atoms with Gasteiger partial charge in [0.05, 0.1) is 4.90 Å². The van der Waals surface area contributed by atoms with Gasteiger partial charge < -0.3 is 10.2 Å². The maximum atomic E-state index is 12.3. The third-order valence-corrected chi connectivity index (χ3v) is 5.49. The first kappa shape index (κ1) is 17.7. The highest BCUT2D eigenvalue weighted by Crippen LogP contribution is 2.20. The van der Waals surface area contributed by atoms with Crippen molar-refractivity contribution < 1.29 is 13.2 Å². The van der Waals surface area contributed by atoms with Gasteiger partial charge in [-0.25, -0.2) is 17.9 Å². The third-order valence-electron chi connectivity index (χ3n) is 4.08. The van der Waals surface area contributed by atoms with Crippen molar-refractivity contribution in [2.75, 3.05) is 20.1 Å². The van der Waals surface area contributed by atoms with Crippen LogP contribution in [0.25, 0.3) is 0 Å². The SMILES string of the molecule is CNS(=O)(=O)c1cccc(CNC(=O)N2C[C@H](C)C[C@H](C)C2)c1. The van der Waals surface area contributed by atoms with Gasteiger partial charge in [-0.2, -0.15) is 0 Å². The third kappa shape index (κ3) is 4.68. The van der Waals surface area contributed by atoms with Gasteiger partial charge in [-0.05, 0) is 43.0 Å². The van der Waals surface area contributed by atoms with Gasteiger partial charge in [-0.1, -0.05) is 26.0 Å². The van der Waals surface area contributed by atoms with Crippen molar-refractivity contribution in [2.24, 2.45) is 11.8 Å². The topological polar surface area (TPSA) is 78.5 Å². The Kier molecular flexibility index (Phi) is 5.64. The Morgan fingerprint density at radius 1 is 1.26 bits per heavy atom. The first-order chi connectivity index (χ1) is 10.8. The van der Waals surface area contributed by atoms with Crippen molar-refractivity contribution in [3.63, 3.8) is 0 Å². The van der Waals surface area contributed by atoms with Crippen LogP contribution in [0.3, 0.4) is 0 Å². The Morgan fingerprint density at radius 2 is 1.91 bits per heavy atom. The molecular formula is C16H25N3O3S. The normalized spacial score (nSPS) is 22.0. The number of urea groups is 1. The predicted molar refractivity (Wildman–Crippen MR) is 89.4 cm³/mol. The van der Waals surface area contributed by atoms with Crippen molar-refractivity contribution in [1.29, 1.82) is 0 Å². The van der Waals surface area contributed by atoms with E-state index in [-0.39, 0.29) is 10.9 Å². The average Bonchev–Trinajstić information content (AvgIpc) is 2.52. The first-order valence-electron chi connectivity index (χ1n) is 7.87. The summed E-state index contributed by atoms with van der Waals surface area (Å²) in [7, 11) is -2.09. The van der Waals surface area contributed by atoms with Gasteiger partial charge in [-0.15, -0.1) is 0 Å². The second-order valence-electron chi connectivity index (χ2n) is 6.36. The molecule has 6 nitrogen and oxygen atoms in total. The number of rotatable bonds is 4. The summed E-state index contributed by atoms with van der Waals surface area (Å²) in [5.74, 6) is 1.02. The lowest BCUT2D eigenvalue weighted by molar-refractivity contribution is 0.146. The Labute approximate surface area is 138 Å². The molecule has 1 aliphatic rings. The zero-order chi connectivity index (χ0) is 17.0. The molecule has 7 heteroatoms. The molecule has 1 aliphatic heterocycles. The minimum Gasteiger partial charge on any atom is -0.334 e.